The van der Waals surface area contributed by atoms with E-state index in [9.17, 15) is 14.6 Å². The number of rotatable bonds is 3. The molecule has 0 saturated carbocycles. The second-order valence-electron chi connectivity index (χ2n) is 5.80. The van der Waals surface area contributed by atoms with Gasteiger partial charge in [0, 0.05) is 17.8 Å². The lowest BCUT2D eigenvalue weighted by Gasteiger charge is -2.17. The Morgan fingerprint density at radius 1 is 1.26 bits per heavy atom. The monoisotopic (exact) mass is 338 g/mol. The van der Waals surface area contributed by atoms with E-state index in [1.165, 1.54) is 18.3 Å². The lowest BCUT2D eigenvalue weighted by Crippen LogP contribution is -2.18. The number of oxime groups is 1. The number of hydrogen-bond donors (Lipinski definition) is 2. The van der Waals surface area contributed by atoms with Crippen molar-refractivity contribution in [2.75, 3.05) is 0 Å². The quantitative estimate of drug-likeness (QED) is 0.658. The minimum Gasteiger partial charge on any atom is -0.507 e. The normalized spacial score (nSPS) is 12.3. The van der Waals surface area contributed by atoms with Crippen LogP contribution in [-0.4, -0.2) is 26.5 Å². The first-order valence-corrected chi connectivity index (χ1v) is 7.16. The van der Waals surface area contributed by atoms with Crippen LogP contribution in [0.25, 0.3) is 0 Å². The number of phenolic OH excluding ortho intramolecular Hbond substituents is 1. The highest BCUT2D eigenvalue weighted by Crippen LogP contribution is 2.29. The average Bonchev–Trinajstić information content (AvgIpc) is 2.45. The van der Waals surface area contributed by atoms with E-state index >= 15 is 0 Å². The van der Waals surface area contributed by atoms with Crippen molar-refractivity contribution in [1.29, 1.82) is 0 Å². The Kier molecular flexibility index (Phi) is 4.75. The summed E-state index contributed by atoms with van der Waals surface area (Å²) in [6.45, 7) is 5.34. The predicted molar refractivity (Wildman–Crippen MR) is 85.5 cm³/mol. The molecule has 0 bridgehead atoms. The molecular weight excluding hydrogens is 323 g/mol. The van der Waals surface area contributed by atoms with Crippen LogP contribution in [0.4, 0.5) is 4.39 Å². The standard InChI is InChI=1S/C16H16ClFN2O3/c1-16(2,3)23-20-14(15-12(21)5-4-6-19-15)9-7-10(17)11(18)8-13(9)22/h4-8,21-22H,1-3H3/b20-14-. The van der Waals surface area contributed by atoms with E-state index < -0.39 is 17.2 Å². The molecule has 0 spiro atoms. The minimum atomic E-state index is -0.769. The summed E-state index contributed by atoms with van der Waals surface area (Å²) in [6, 6.07) is 5.02. The number of aromatic nitrogens is 1. The molecule has 0 fully saturated rings. The van der Waals surface area contributed by atoms with Gasteiger partial charge in [-0.2, -0.15) is 0 Å². The van der Waals surface area contributed by atoms with Crippen LogP contribution in [0.1, 0.15) is 32.0 Å². The average molecular weight is 339 g/mol. The molecule has 0 radical (unpaired) electrons. The fourth-order valence-corrected chi connectivity index (χ4v) is 1.87. The molecule has 122 valence electrons. The number of phenols is 1. The molecule has 23 heavy (non-hydrogen) atoms. The molecule has 2 rings (SSSR count). The van der Waals surface area contributed by atoms with Gasteiger partial charge in [-0.05, 0) is 39.0 Å². The van der Waals surface area contributed by atoms with Crippen LogP contribution in [0.2, 0.25) is 5.02 Å². The number of aromatic hydroxyl groups is 2. The van der Waals surface area contributed by atoms with E-state index in [1.807, 2.05) is 0 Å². The van der Waals surface area contributed by atoms with Crippen molar-refractivity contribution in [2.24, 2.45) is 5.16 Å². The second-order valence-corrected chi connectivity index (χ2v) is 6.21. The Morgan fingerprint density at radius 2 is 1.96 bits per heavy atom. The second kappa shape index (κ2) is 6.42. The highest BCUT2D eigenvalue weighted by molar-refractivity contribution is 6.31. The molecule has 2 N–H and O–H groups in total. The number of halogens is 2. The Hall–Kier alpha value is -2.34. The Bertz CT molecular complexity index is 757. The Labute approximate surface area is 138 Å². The van der Waals surface area contributed by atoms with E-state index in [0.29, 0.717) is 0 Å². The van der Waals surface area contributed by atoms with Crippen LogP contribution in [0.5, 0.6) is 11.5 Å². The number of benzene rings is 1. The van der Waals surface area contributed by atoms with Gasteiger partial charge in [0.2, 0.25) is 0 Å². The topological polar surface area (TPSA) is 74.9 Å². The van der Waals surface area contributed by atoms with Crippen LogP contribution >= 0.6 is 11.6 Å². The molecule has 0 amide bonds. The largest absolute Gasteiger partial charge is 0.507 e. The fraction of sp³-hybridized carbons (Fsp3) is 0.250. The number of hydrogen-bond acceptors (Lipinski definition) is 5. The molecule has 0 saturated heterocycles. The van der Waals surface area contributed by atoms with Gasteiger partial charge in [0.05, 0.1) is 5.02 Å². The van der Waals surface area contributed by atoms with E-state index in [0.717, 1.165) is 6.07 Å². The van der Waals surface area contributed by atoms with Crippen LogP contribution in [0, 0.1) is 5.82 Å². The summed E-state index contributed by atoms with van der Waals surface area (Å²) in [7, 11) is 0. The van der Waals surface area contributed by atoms with Crippen LogP contribution in [0.3, 0.4) is 0 Å². The van der Waals surface area contributed by atoms with Crippen molar-refractivity contribution < 1.29 is 19.4 Å². The molecule has 0 aliphatic heterocycles. The third-order valence-corrected chi connectivity index (χ3v) is 3.00. The zero-order chi connectivity index (χ0) is 17.2. The van der Waals surface area contributed by atoms with Gasteiger partial charge in [-0.3, -0.25) is 4.98 Å². The van der Waals surface area contributed by atoms with Crippen molar-refractivity contribution in [2.45, 2.75) is 26.4 Å². The summed E-state index contributed by atoms with van der Waals surface area (Å²) in [5.74, 6) is -1.33. The van der Waals surface area contributed by atoms with Gasteiger partial charge in [-0.15, -0.1) is 0 Å². The molecule has 0 atom stereocenters. The summed E-state index contributed by atoms with van der Waals surface area (Å²) in [4.78, 5) is 9.41. The van der Waals surface area contributed by atoms with Crippen LogP contribution < -0.4 is 0 Å². The summed E-state index contributed by atoms with van der Waals surface area (Å²) in [5, 5.41) is 23.8. The maximum Gasteiger partial charge on any atom is 0.145 e. The highest BCUT2D eigenvalue weighted by Gasteiger charge is 2.21. The highest BCUT2D eigenvalue weighted by atomic mass is 35.5. The van der Waals surface area contributed by atoms with Gasteiger partial charge in [-0.1, -0.05) is 16.8 Å². The molecule has 1 aromatic heterocycles. The van der Waals surface area contributed by atoms with E-state index in [-0.39, 0.29) is 27.7 Å². The Morgan fingerprint density at radius 3 is 2.57 bits per heavy atom. The van der Waals surface area contributed by atoms with Crippen molar-refractivity contribution in [1.82, 2.24) is 4.98 Å². The smallest absolute Gasteiger partial charge is 0.145 e. The molecule has 0 aliphatic carbocycles. The van der Waals surface area contributed by atoms with Crippen molar-refractivity contribution in [3.05, 3.63) is 52.6 Å². The first-order valence-electron chi connectivity index (χ1n) is 6.78. The Balaban J connectivity index is 2.64. The van der Waals surface area contributed by atoms with Gasteiger partial charge >= 0.3 is 0 Å². The first kappa shape index (κ1) is 17.0. The van der Waals surface area contributed by atoms with Gasteiger partial charge in [0.15, 0.2) is 0 Å². The maximum absolute atomic E-state index is 13.5. The molecule has 2 aromatic rings. The van der Waals surface area contributed by atoms with Crippen LogP contribution in [0.15, 0.2) is 35.6 Å². The van der Waals surface area contributed by atoms with Crippen molar-refractivity contribution in [3.63, 3.8) is 0 Å². The molecule has 5 nitrogen and oxygen atoms in total. The number of nitrogens with zero attached hydrogens (tertiary/aromatic N) is 2. The number of pyridine rings is 1. The summed E-state index contributed by atoms with van der Waals surface area (Å²) < 4.78 is 13.5. The molecule has 1 heterocycles. The van der Waals surface area contributed by atoms with Gasteiger partial charge in [-0.25, -0.2) is 4.39 Å². The third-order valence-electron chi connectivity index (χ3n) is 2.72. The summed E-state index contributed by atoms with van der Waals surface area (Å²) in [5.41, 5.74) is -0.406. The molecule has 0 aliphatic rings. The zero-order valence-corrected chi connectivity index (χ0v) is 13.6. The minimum absolute atomic E-state index is 0.0393. The van der Waals surface area contributed by atoms with Gasteiger partial charge in [0.1, 0.15) is 34.3 Å². The van der Waals surface area contributed by atoms with Crippen LogP contribution in [-0.2, 0) is 4.84 Å². The maximum atomic E-state index is 13.5. The zero-order valence-electron chi connectivity index (χ0n) is 12.8. The van der Waals surface area contributed by atoms with Crippen molar-refractivity contribution >= 4 is 17.3 Å². The third kappa shape index (κ3) is 4.10. The molecule has 1 aromatic carbocycles. The van der Waals surface area contributed by atoms with Crippen molar-refractivity contribution in [3.8, 4) is 11.5 Å². The molecule has 7 heteroatoms. The lowest BCUT2D eigenvalue weighted by atomic mass is 10.0. The lowest BCUT2D eigenvalue weighted by molar-refractivity contribution is 0.00108. The summed E-state index contributed by atoms with van der Waals surface area (Å²) >= 11 is 5.78. The fourth-order valence-electron chi connectivity index (χ4n) is 1.71. The first-order chi connectivity index (χ1) is 10.7. The van der Waals surface area contributed by atoms with Gasteiger partial charge < -0.3 is 15.1 Å². The molecule has 0 unspecified atom stereocenters. The molecular formula is C16H16ClFN2O3. The van der Waals surface area contributed by atoms with Gasteiger partial charge in [0.25, 0.3) is 0 Å². The van der Waals surface area contributed by atoms with E-state index in [1.54, 1.807) is 26.8 Å². The van der Waals surface area contributed by atoms with E-state index in [2.05, 4.69) is 10.1 Å². The summed E-state index contributed by atoms with van der Waals surface area (Å²) in [6.07, 6.45) is 1.45. The SMILES string of the molecule is CC(C)(C)O/N=C(/c1cc(Cl)c(F)cc1O)c1ncccc1O. The predicted octanol–water partition coefficient (Wildman–Crippen LogP) is 3.85. The van der Waals surface area contributed by atoms with E-state index in [4.69, 9.17) is 16.4 Å².